The molecule has 0 aliphatic heterocycles. The molecule has 0 fully saturated rings. The molecule has 0 aliphatic carbocycles. The molecule has 0 saturated heterocycles. The van der Waals surface area contributed by atoms with Gasteiger partial charge in [-0.2, -0.15) is 0 Å². The Morgan fingerprint density at radius 1 is 1.61 bits per heavy atom. The van der Waals surface area contributed by atoms with Gasteiger partial charge < -0.3 is 16.2 Å². The third-order valence-electron chi connectivity index (χ3n) is 2.22. The number of aliphatic hydroxyl groups excluding tert-OH is 1. The molecule has 0 radical (unpaired) electrons. The molecule has 0 saturated carbocycles. The van der Waals surface area contributed by atoms with E-state index in [9.17, 15) is 14.3 Å². The van der Waals surface area contributed by atoms with Gasteiger partial charge in [0.2, 0.25) is 5.91 Å². The lowest BCUT2D eigenvalue weighted by Crippen LogP contribution is -2.40. The first-order chi connectivity index (χ1) is 7.93. The average Bonchev–Trinajstić information content (AvgIpc) is 2.25. The van der Waals surface area contributed by atoms with Crippen molar-refractivity contribution >= 4 is 29.9 Å². The lowest BCUT2D eigenvalue weighted by Gasteiger charge is -2.15. The quantitative estimate of drug-likeness (QED) is 0.786. The summed E-state index contributed by atoms with van der Waals surface area (Å²) in [6, 6.07) is 3.42. The highest BCUT2D eigenvalue weighted by molar-refractivity contribution is 6.31. The van der Waals surface area contributed by atoms with Crippen molar-refractivity contribution in [1.82, 2.24) is 5.32 Å². The number of carbonyl (C=O) groups excluding carboxylic acids is 1. The molecule has 1 rings (SSSR count). The maximum absolute atomic E-state index is 13.4. The van der Waals surface area contributed by atoms with Crippen LogP contribution < -0.4 is 11.1 Å². The van der Waals surface area contributed by atoms with E-state index in [0.29, 0.717) is 0 Å². The van der Waals surface area contributed by atoms with Gasteiger partial charge in [-0.1, -0.05) is 17.7 Å². The van der Waals surface area contributed by atoms with Gasteiger partial charge in [0.05, 0.1) is 6.04 Å². The van der Waals surface area contributed by atoms with Crippen molar-refractivity contribution in [2.24, 2.45) is 5.73 Å². The van der Waals surface area contributed by atoms with Crippen molar-refractivity contribution in [3.05, 3.63) is 34.6 Å². The van der Waals surface area contributed by atoms with Gasteiger partial charge in [-0.15, -0.1) is 12.4 Å². The van der Waals surface area contributed by atoms with Crippen molar-refractivity contribution < 1.29 is 14.3 Å². The second-order valence-corrected chi connectivity index (χ2v) is 4.09. The molecule has 0 heterocycles. The Kier molecular flexibility index (Phi) is 7.16. The molecule has 1 unspecified atom stereocenters. The van der Waals surface area contributed by atoms with E-state index in [2.05, 4.69) is 5.32 Å². The van der Waals surface area contributed by atoms with Crippen molar-refractivity contribution in [3.63, 3.8) is 0 Å². The van der Waals surface area contributed by atoms with E-state index in [1.807, 2.05) is 0 Å². The summed E-state index contributed by atoms with van der Waals surface area (Å²) in [6.45, 7) is 1.37. The van der Waals surface area contributed by atoms with E-state index >= 15 is 0 Å². The Balaban J connectivity index is 0.00000289. The fourth-order valence-electron chi connectivity index (χ4n) is 1.29. The van der Waals surface area contributed by atoms with E-state index in [4.69, 9.17) is 17.3 Å². The number of rotatable bonds is 4. The molecular weight excluding hydrogens is 282 g/mol. The Morgan fingerprint density at radius 3 is 2.72 bits per heavy atom. The van der Waals surface area contributed by atoms with E-state index in [0.717, 1.165) is 0 Å². The summed E-state index contributed by atoms with van der Waals surface area (Å²) >= 11 is 5.76. The van der Waals surface area contributed by atoms with Crippen molar-refractivity contribution in [3.8, 4) is 0 Å². The highest BCUT2D eigenvalue weighted by atomic mass is 35.5. The van der Waals surface area contributed by atoms with Crippen LogP contribution >= 0.6 is 24.0 Å². The Hall–Kier alpha value is -0.880. The van der Waals surface area contributed by atoms with Crippen LogP contribution in [0, 0.1) is 5.82 Å². The van der Waals surface area contributed by atoms with E-state index in [-0.39, 0.29) is 29.5 Å². The molecule has 1 aromatic rings. The first-order valence-corrected chi connectivity index (χ1v) is 5.46. The van der Waals surface area contributed by atoms with Crippen LogP contribution in [0.1, 0.15) is 18.6 Å². The number of aliphatic hydroxyl groups is 1. The first kappa shape index (κ1) is 17.1. The largest absolute Gasteiger partial charge is 0.386 e. The molecule has 18 heavy (non-hydrogen) atoms. The molecule has 4 nitrogen and oxygen atoms in total. The zero-order valence-corrected chi connectivity index (χ0v) is 11.3. The fraction of sp³-hybridized carbons (Fsp3) is 0.364. The number of amides is 1. The van der Waals surface area contributed by atoms with Crippen LogP contribution in [0.25, 0.3) is 0 Å². The van der Waals surface area contributed by atoms with E-state index in [1.165, 1.54) is 25.1 Å². The number of nitrogens with one attached hydrogen (secondary N) is 1. The molecule has 102 valence electrons. The van der Waals surface area contributed by atoms with Gasteiger partial charge in [0.1, 0.15) is 11.9 Å². The van der Waals surface area contributed by atoms with Gasteiger partial charge in [0.25, 0.3) is 0 Å². The minimum atomic E-state index is -1.20. The summed E-state index contributed by atoms with van der Waals surface area (Å²) in [5.41, 5.74) is 5.30. The highest BCUT2D eigenvalue weighted by Crippen LogP contribution is 2.25. The number of hydrogen-bond donors (Lipinski definition) is 3. The maximum atomic E-state index is 13.4. The molecule has 4 N–H and O–H groups in total. The topological polar surface area (TPSA) is 75.4 Å². The van der Waals surface area contributed by atoms with Crippen LogP contribution in [-0.4, -0.2) is 23.6 Å². The van der Waals surface area contributed by atoms with Crippen LogP contribution in [-0.2, 0) is 4.79 Å². The molecule has 1 amide bonds. The first-order valence-electron chi connectivity index (χ1n) is 5.08. The standard InChI is InChI=1S/C11H14ClFN2O2.ClH/c1-6(14)11(17)15-5-9(16)10-7(12)3-2-4-8(10)13;/h2-4,6,9,16H,5,14H2,1H3,(H,15,17);1H/t6-,9?;/m1./s1. The summed E-state index contributed by atoms with van der Waals surface area (Å²) < 4.78 is 13.4. The zero-order chi connectivity index (χ0) is 13.0. The van der Waals surface area contributed by atoms with Gasteiger partial charge in [0, 0.05) is 17.1 Å². The summed E-state index contributed by atoms with van der Waals surface area (Å²) in [5.74, 6) is -1.03. The third kappa shape index (κ3) is 4.42. The highest BCUT2D eigenvalue weighted by Gasteiger charge is 2.17. The van der Waals surface area contributed by atoms with Crippen molar-refractivity contribution in [2.45, 2.75) is 19.1 Å². The average molecular weight is 297 g/mol. The number of halogens is 3. The predicted molar refractivity (Wildman–Crippen MR) is 70.3 cm³/mol. The van der Waals surface area contributed by atoms with Crippen LogP contribution in [0.4, 0.5) is 4.39 Å². The maximum Gasteiger partial charge on any atom is 0.236 e. The van der Waals surface area contributed by atoms with Crippen LogP contribution in [0.15, 0.2) is 18.2 Å². The molecule has 0 spiro atoms. The van der Waals surface area contributed by atoms with Crippen LogP contribution in [0.5, 0.6) is 0 Å². The Morgan fingerprint density at radius 2 is 2.22 bits per heavy atom. The monoisotopic (exact) mass is 296 g/mol. The second kappa shape index (κ2) is 7.53. The SMILES string of the molecule is C[C@@H](N)C(=O)NCC(O)c1c(F)cccc1Cl.Cl. The van der Waals surface area contributed by atoms with Crippen LogP contribution in [0.3, 0.4) is 0 Å². The summed E-state index contributed by atoms with van der Waals surface area (Å²) in [6.07, 6.45) is -1.20. The minimum absolute atomic E-state index is 0. The van der Waals surface area contributed by atoms with Gasteiger partial charge >= 0.3 is 0 Å². The number of hydrogen-bond acceptors (Lipinski definition) is 3. The molecule has 7 heteroatoms. The minimum Gasteiger partial charge on any atom is -0.386 e. The van der Waals surface area contributed by atoms with E-state index < -0.39 is 23.9 Å². The van der Waals surface area contributed by atoms with Gasteiger partial charge in [0.15, 0.2) is 0 Å². The van der Waals surface area contributed by atoms with Gasteiger partial charge in [-0.25, -0.2) is 4.39 Å². The van der Waals surface area contributed by atoms with Crippen molar-refractivity contribution in [2.75, 3.05) is 6.54 Å². The molecule has 0 aromatic heterocycles. The van der Waals surface area contributed by atoms with E-state index in [1.54, 1.807) is 0 Å². The normalized spacial score (nSPS) is 13.4. The Labute approximate surface area is 116 Å². The van der Waals surface area contributed by atoms with Crippen molar-refractivity contribution in [1.29, 1.82) is 0 Å². The molecular formula is C11H15Cl2FN2O2. The van der Waals surface area contributed by atoms with Crippen LogP contribution in [0.2, 0.25) is 5.02 Å². The Bertz CT molecular complexity index is 396. The fourth-order valence-corrected chi connectivity index (χ4v) is 1.58. The molecule has 0 aliphatic rings. The number of benzene rings is 1. The molecule has 2 atom stereocenters. The van der Waals surface area contributed by atoms with Gasteiger partial charge in [-0.05, 0) is 19.1 Å². The lowest BCUT2D eigenvalue weighted by atomic mass is 10.1. The predicted octanol–water partition coefficient (Wildman–Crippen LogP) is 1.40. The number of nitrogens with two attached hydrogens (primary N) is 1. The third-order valence-corrected chi connectivity index (χ3v) is 2.55. The summed E-state index contributed by atoms with van der Waals surface area (Å²) in [5, 5.41) is 12.2. The zero-order valence-electron chi connectivity index (χ0n) is 9.69. The van der Waals surface area contributed by atoms with Gasteiger partial charge in [-0.3, -0.25) is 4.79 Å². The molecule has 0 bridgehead atoms. The molecule has 1 aromatic carbocycles. The summed E-state index contributed by atoms with van der Waals surface area (Å²) in [7, 11) is 0. The number of carbonyl (C=O) groups is 1. The smallest absolute Gasteiger partial charge is 0.236 e. The summed E-state index contributed by atoms with van der Waals surface area (Å²) in [4.78, 5) is 11.2. The lowest BCUT2D eigenvalue weighted by molar-refractivity contribution is -0.122. The second-order valence-electron chi connectivity index (χ2n) is 3.68.